The van der Waals surface area contributed by atoms with Crippen LogP contribution in [-0.4, -0.2) is 30.9 Å². The molecule has 2 aromatic rings. The molecule has 0 unspecified atom stereocenters. The van der Waals surface area contributed by atoms with Gasteiger partial charge in [0.25, 0.3) is 5.91 Å². The van der Waals surface area contributed by atoms with E-state index in [0.717, 1.165) is 12.8 Å². The molecule has 8 heteroatoms. The highest BCUT2D eigenvalue weighted by Gasteiger charge is 2.36. The predicted molar refractivity (Wildman–Crippen MR) is 104 cm³/mol. The van der Waals surface area contributed by atoms with E-state index in [4.69, 9.17) is 9.47 Å². The molecule has 1 amide bonds. The number of carbonyl (C=O) groups excluding carboxylic acids is 2. The zero-order valence-corrected chi connectivity index (χ0v) is 16.3. The number of amides is 1. The molecule has 5 rings (SSSR count). The summed E-state index contributed by atoms with van der Waals surface area (Å²) >= 11 is 0. The van der Waals surface area contributed by atoms with Crippen molar-refractivity contribution in [3.8, 4) is 11.6 Å². The van der Waals surface area contributed by atoms with Crippen LogP contribution in [0.1, 0.15) is 41.6 Å². The van der Waals surface area contributed by atoms with E-state index < -0.39 is 11.9 Å². The summed E-state index contributed by atoms with van der Waals surface area (Å²) in [5, 5.41) is 12.1. The number of hydrogen-bond acceptors (Lipinski definition) is 5. The van der Waals surface area contributed by atoms with Gasteiger partial charge in [0, 0.05) is 30.6 Å². The van der Waals surface area contributed by atoms with Gasteiger partial charge in [-0.05, 0) is 48.9 Å². The maximum absolute atomic E-state index is 14.4. The van der Waals surface area contributed by atoms with Gasteiger partial charge in [0.1, 0.15) is 5.82 Å². The van der Waals surface area contributed by atoms with Gasteiger partial charge in [-0.1, -0.05) is 0 Å². The Hall–Kier alpha value is -3.16. The van der Waals surface area contributed by atoms with Gasteiger partial charge >= 0.3 is 5.88 Å². The van der Waals surface area contributed by atoms with Crippen LogP contribution in [0.15, 0.2) is 30.5 Å². The third kappa shape index (κ3) is 3.46. The molecule has 7 nitrogen and oxygen atoms in total. The monoisotopic (exact) mass is 412 g/mol. The molecule has 0 bridgehead atoms. The summed E-state index contributed by atoms with van der Waals surface area (Å²) in [6.07, 6.45) is 3.80. The Morgan fingerprint density at radius 1 is 1.17 bits per heavy atom. The number of Topliss-reactive ketones (excluding diaryl/α,β-unsaturated/α-hetero) is 1. The third-order valence-corrected chi connectivity index (χ3v) is 5.84. The molecule has 1 saturated heterocycles. The summed E-state index contributed by atoms with van der Waals surface area (Å²) in [6, 6.07) is 6.02. The SMILES string of the molecule is O=C1CCc2c(F)cc(N3CC[C@@H](Oc4ccc(OCC5CC5)[n+]([O-])c4)C3=O)cc21. The standard InChI is InChI=1S/C22H21FN2O5/c23-18-10-14(9-17-16(18)4-5-19(17)26)24-8-7-20(22(24)27)30-15-3-6-21(25(28)11-15)29-12-13-1-2-13/h3,6,9-11,13,20H,1-2,4-5,7-8,12H2/t20-/m1/s1. The van der Waals surface area contributed by atoms with E-state index in [9.17, 15) is 19.2 Å². The van der Waals surface area contributed by atoms with Crippen LogP contribution in [0.25, 0.3) is 0 Å². The average molecular weight is 412 g/mol. The fourth-order valence-corrected chi connectivity index (χ4v) is 3.96. The van der Waals surface area contributed by atoms with Gasteiger partial charge in [0.05, 0.1) is 12.7 Å². The van der Waals surface area contributed by atoms with Gasteiger partial charge in [-0.3, -0.25) is 9.59 Å². The van der Waals surface area contributed by atoms with Crippen molar-refractivity contribution in [3.63, 3.8) is 0 Å². The van der Waals surface area contributed by atoms with Crippen molar-refractivity contribution in [1.29, 1.82) is 0 Å². The lowest BCUT2D eigenvalue weighted by Crippen LogP contribution is -2.34. The van der Waals surface area contributed by atoms with Gasteiger partial charge in [0.15, 0.2) is 17.6 Å². The summed E-state index contributed by atoms with van der Waals surface area (Å²) in [4.78, 5) is 26.2. The van der Waals surface area contributed by atoms with E-state index in [-0.39, 0.29) is 23.3 Å². The highest BCUT2D eigenvalue weighted by molar-refractivity contribution is 6.04. The van der Waals surface area contributed by atoms with E-state index in [2.05, 4.69) is 0 Å². The highest BCUT2D eigenvalue weighted by atomic mass is 19.1. The average Bonchev–Trinajstić information content (AvgIpc) is 3.38. The highest BCUT2D eigenvalue weighted by Crippen LogP contribution is 2.32. The molecule has 0 spiro atoms. The number of nitrogens with zero attached hydrogens (tertiary/aromatic N) is 2. The van der Waals surface area contributed by atoms with E-state index in [1.807, 2.05) is 0 Å². The van der Waals surface area contributed by atoms with Crippen molar-refractivity contribution in [2.45, 2.75) is 38.2 Å². The van der Waals surface area contributed by atoms with Gasteiger partial charge < -0.3 is 19.6 Å². The first-order valence-corrected chi connectivity index (χ1v) is 10.2. The molecular formula is C22H21FN2O5. The van der Waals surface area contributed by atoms with Gasteiger partial charge in [-0.15, -0.1) is 4.73 Å². The molecule has 0 radical (unpaired) electrons. The van der Waals surface area contributed by atoms with Crippen molar-refractivity contribution in [3.05, 3.63) is 52.6 Å². The topological polar surface area (TPSA) is 82.8 Å². The minimum Gasteiger partial charge on any atom is -0.616 e. The van der Waals surface area contributed by atoms with Crippen LogP contribution < -0.4 is 19.1 Å². The van der Waals surface area contributed by atoms with Crippen molar-refractivity contribution < 1.29 is 28.2 Å². The van der Waals surface area contributed by atoms with Crippen molar-refractivity contribution in [2.75, 3.05) is 18.1 Å². The lowest BCUT2D eigenvalue weighted by Gasteiger charge is -2.18. The molecular weight excluding hydrogens is 391 g/mol. The smallest absolute Gasteiger partial charge is 0.379 e. The quantitative estimate of drug-likeness (QED) is 0.538. The number of halogens is 1. The van der Waals surface area contributed by atoms with Crippen molar-refractivity contribution in [2.24, 2.45) is 5.92 Å². The Morgan fingerprint density at radius 3 is 2.77 bits per heavy atom. The molecule has 156 valence electrons. The van der Waals surface area contributed by atoms with E-state index in [0.29, 0.717) is 59.9 Å². The van der Waals surface area contributed by atoms with Crippen LogP contribution in [0.2, 0.25) is 0 Å². The number of benzene rings is 1. The zero-order chi connectivity index (χ0) is 20.8. The van der Waals surface area contributed by atoms with Gasteiger partial charge in [-0.2, -0.15) is 0 Å². The number of anilines is 1. The van der Waals surface area contributed by atoms with Gasteiger partial charge in [0.2, 0.25) is 6.20 Å². The lowest BCUT2D eigenvalue weighted by atomic mass is 10.1. The number of hydrogen-bond donors (Lipinski definition) is 0. The fourth-order valence-electron chi connectivity index (χ4n) is 3.96. The Balaban J connectivity index is 1.28. The van der Waals surface area contributed by atoms with Crippen molar-refractivity contribution in [1.82, 2.24) is 0 Å². The van der Waals surface area contributed by atoms with E-state index in [1.165, 1.54) is 23.2 Å². The van der Waals surface area contributed by atoms with Crippen LogP contribution >= 0.6 is 0 Å². The minimum atomic E-state index is -0.782. The van der Waals surface area contributed by atoms with Gasteiger partial charge in [-0.25, -0.2) is 4.39 Å². The summed E-state index contributed by atoms with van der Waals surface area (Å²) in [6.45, 7) is 0.869. The largest absolute Gasteiger partial charge is 0.616 e. The summed E-state index contributed by atoms with van der Waals surface area (Å²) in [5.74, 6) is 0.105. The number of ether oxygens (including phenoxy) is 2. The molecule has 2 heterocycles. The maximum atomic E-state index is 14.4. The van der Waals surface area contributed by atoms with Crippen molar-refractivity contribution >= 4 is 17.4 Å². The molecule has 30 heavy (non-hydrogen) atoms. The van der Waals surface area contributed by atoms with E-state index >= 15 is 0 Å². The molecule has 1 aromatic carbocycles. The molecule has 2 fully saturated rings. The third-order valence-electron chi connectivity index (χ3n) is 5.84. The summed E-state index contributed by atoms with van der Waals surface area (Å²) in [5.41, 5.74) is 1.14. The predicted octanol–water partition coefficient (Wildman–Crippen LogP) is 2.56. The molecule has 1 saturated carbocycles. The molecule has 1 atom stereocenters. The number of aromatic nitrogens is 1. The van der Waals surface area contributed by atoms with Crippen LogP contribution in [-0.2, 0) is 11.2 Å². The second-order valence-corrected chi connectivity index (χ2v) is 8.05. The molecule has 2 aliphatic carbocycles. The Bertz CT molecular complexity index is 1040. The van der Waals surface area contributed by atoms with Crippen LogP contribution in [0, 0.1) is 16.9 Å². The van der Waals surface area contributed by atoms with Crippen LogP contribution in [0.4, 0.5) is 10.1 Å². The van der Waals surface area contributed by atoms with Crippen LogP contribution in [0.3, 0.4) is 0 Å². The molecule has 3 aliphatic rings. The molecule has 1 aromatic heterocycles. The normalized spacial score (nSPS) is 20.6. The summed E-state index contributed by atoms with van der Waals surface area (Å²) < 4.78 is 26.2. The molecule has 0 N–H and O–H groups in total. The lowest BCUT2D eigenvalue weighted by molar-refractivity contribution is -0.613. The number of pyridine rings is 1. The fraction of sp³-hybridized carbons (Fsp3) is 0.409. The number of carbonyl (C=O) groups is 2. The first kappa shape index (κ1) is 18.8. The number of fused-ring (bicyclic) bond motifs is 1. The first-order valence-electron chi connectivity index (χ1n) is 10.2. The Morgan fingerprint density at radius 2 is 2.00 bits per heavy atom. The minimum absolute atomic E-state index is 0.103. The zero-order valence-electron chi connectivity index (χ0n) is 16.3. The first-order chi connectivity index (χ1) is 14.5. The van der Waals surface area contributed by atoms with Crippen LogP contribution in [0.5, 0.6) is 11.6 Å². The number of ketones is 1. The Kier molecular flexibility index (Phi) is 4.56. The second-order valence-electron chi connectivity index (χ2n) is 8.05. The molecule has 1 aliphatic heterocycles. The Labute approximate surface area is 172 Å². The maximum Gasteiger partial charge on any atom is 0.379 e. The van der Waals surface area contributed by atoms with E-state index in [1.54, 1.807) is 12.1 Å². The summed E-state index contributed by atoms with van der Waals surface area (Å²) in [7, 11) is 0. The second kappa shape index (κ2) is 7.27. The number of rotatable bonds is 6.